The van der Waals surface area contributed by atoms with E-state index >= 15 is 0 Å². The molecule has 13 heavy (non-hydrogen) atoms. The lowest BCUT2D eigenvalue weighted by atomic mass is 10.0. The summed E-state index contributed by atoms with van der Waals surface area (Å²) in [5.74, 6) is 0. The minimum Gasteiger partial charge on any atom is -0.198 e. The smallest absolute Gasteiger partial charge is 0.0994 e. The summed E-state index contributed by atoms with van der Waals surface area (Å²) >= 11 is 0. The fourth-order valence-corrected chi connectivity index (χ4v) is 1.25. The Morgan fingerprint density at radius 1 is 1.31 bits per heavy atom. The zero-order valence-electron chi connectivity index (χ0n) is 7.54. The van der Waals surface area contributed by atoms with Gasteiger partial charge in [-0.25, -0.2) is 0 Å². The fraction of sp³-hybridized carbons (Fsp3) is 0.273. The summed E-state index contributed by atoms with van der Waals surface area (Å²) in [4.78, 5) is 0. The third-order valence-corrected chi connectivity index (χ3v) is 1.95. The van der Waals surface area contributed by atoms with Crippen LogP contribution >= 0.6 is 0 Å². The van der Waals surface area contributed by atoms with Gasteiger partial charge in [-0.05, 0) is 23.6 Å². The van der Waals surface area contributed by atoms with E-state index in [4.69, 9.17) is 10.5 Å². The van der Waals surface area contributed by atoms with Gasteiger partial charge < -0.3 is 0 Å². The third-order valence-electron chi connectivity index (χ3n) is 1.95. The van der Waals surface area contributed by atoms with Crippen molar-refractivity contribution < 1.29 is 0 Å². The van der Waals surface area contributed by atoms with Gasteiger partial charge in [0.1, 0.15) is 0 Å². The highest BCUT2D eigenvalue weighted by Crippen LogP contribution is 2.12. The molecule has 0 amide bonds. The molecule has 0 aliphatic carbocycles. The minimum atomic E-state index is 0.415. The molecule has 2 nitrogen and oxygen atoms in total. The van der Waals surface area contributed by atoms with Crippen molar-refractivity contribution in [3.05, 3.63) is 34.9 Å². The Bertz CT molecular complexity index is 380. The van der Waals surface area contributed by atoms with Crippen LogP contribution in [0.15, 0.2) is 18.2 Å². The molecule has 0 saturated carbocycles. The van der Waals surface area contributed by atoms with Crippen molar-refractivity contribution in [3.63, 3.8) is 0 Å². The average molecular weight is 170 g/mol. The number of nitriles is 2. The number of nitrogens with zero attached hydrogens (tertiary/aromatic N) is 2. The van der Waals surface area contributed by atoms with Crippen molar-refractivity contribution in [2.45, 2.75) is 19.8 Å². The molecule has 0 atom stereocenters. The fourth-order valence-electron chi connectivity index (χ4n) is 1.25. The van der Waals surface area contributed by atoms with Crippen LogP contribution in [0, 0.1) is 22.7 Å². The van der Waals surface area contributed by atoms with Gasteiger partial charge in [-0.15, -0.1) is 0 Å². The first-order valence-corrected chi connectivity index (χ1v) is 4.20. The van der Waals surface area contributed by atoms with Crippen molar-refractivity contribution >= 4 is 0 Å². The Morgan fingerprint density at radius 2 is 2.08 bits per heavy atom. The molecule has 0 aliphatic rings. The summed E-state index contributed by atoms with van der Waals surface area (Å²) in [6, 6.07) is 9.77. The molecule has 0 N–H and O–H groups in total. The molecule has 0 saturated heterocycles. The highest BCUT2D eigenvalue weighted by Gasteiger charge is 2.00. The van der Waals surface area contributed by atoms with E-state index in [2.05, 4.69) is 12.1 Å². The van der Waals surface area contributed by atoms with Crippen LogP contribution in [-0.2, 0) is 12.8 Å². The van der Waals surface area contributed by atoms with Crippen LogP contribution in [0.2, 0.25) is 0 Å². The van der Waals surface area contributed by atoms with Crippen LogP contribution in [-0.4, -0.2) is 0 Å². The average Bonchev–Trinajstić information content (AvgIpc) is 2.18. The normalized spacial score (nSPS) is 8.85. The predicted octanol–water partition coefficient (Wildman–Crippen LogP) is 2.19. The molecular formula is C11H10N2. The zero-order valence-corrected chi connectivity index (χ0v) is 7.54. The number of benzene rings is 1. The van der Waals surface area contributed by atoms with Gasteiger partial charge in [0.05, 0.1) is 24.1 Å². The van der Waals surface area contributed by atoms with Gasteiger partial charge in [0.25, 0.3) is 0 Å². The van der Waals surface area contributed by atoms with Gasteiger partial charge in [-0.2, -0.15) is 10.5 Å². The quantitative estimate of drug-likeness (QED) is 0.683. The third kappa shape index (κ3) is 2.07. The van der Waals surface area contributed by atoms with E-state index in [9.17, 15) is 0 Å². The summed E-state index contributed by atoms with van der Waals surface area (Å²) in [7, 11) is 0. The van der Waals surface area contributed by atoms with Crippen LogP contribution in [0.25, 0.3) is 0 Å². The van der Waals surface area contributed by atoms with E-state index in [1.807, 2.05) is 19.1 Å². The molecule has 1 rings (SSSR count). The van der Waals surface area contributed by atoms with Gasteiger partial charge in [0.2, 0.25) is 0 Å². The van der Waals surface area contributed by atoms with Gasteiger partial charge in [-0.1, -0.05) is 19.1 Å². The van der Waals surface area contributed by atoms with Gasteiger partial charge in [-0.3, -0.25) is 0 Å². The monoisotopic (exact) mass is 170 g/mol. The Labute approximate surface area is 78.0 Å². The van der Waals surface area contributed by atoms with E-state index in [1.54, 1.807) is 6.07 Å². The maximum atomic E-state index is 8.76. The molecule has 0 aromatic heterocycles. The number of hydrogen-bond acceptors (Lipinski definition) is 2. The Balaban J connectivity index is 3.09. The van der Waals surface area contributed by atoms with Crippen LogP contribution < -0.4 is 0 Å². The lowest BCUT2D eigenvalue weighted by Crippen LogP contribution is -1.90. The van der Waals surface area contributed by atoms with E-state index in [0.29, 0.717) is 12.0 Å². The molecule has 64 valence electrons. The molecule has 0 bridgehead atoms. The maximum absolute atomic E-state index is 8.76. The van der Waals surface area contributed by atoms with Gasteiger partial charge in [0.15, 0.2) is 0 Å². The summed E-state index contributed by atoms with van der Waals surface area (Å²) < 4.78 is 0. The zero-order chi connectivity index (χ0) is 9.68. The molecular weight excluding hydrogens is 160 g/mol. The van der Waals surface area contributed by atoms with Crippen LogP contribution in [0.5, 0.6) is 0 Å². The topological polar surface area (TPSA) is 47.6 Å². The predicted molar refractivity (Wildman–Crippen MR) is 49.9 cm³/mol. The van der Waals surface area contributed by atoms with Crippen molar-refractivity contribution in [2.75, 3.05) is 0 Å². The molecule has 0 fully saturated rings. The van der Waals surface area contributed by atoms with E-state index < -0.39 is 0 Å². The van der Waals surface area contributed by atoms with E-state index in [-0.39, 0.29) is 0 Å². The Kier molecular flexibility index (Phi) is 3.06. The first-order valence-electron chi connectivity index (χ1n) is 4.20. The first kappa shape index (κ1) is 9.29. The highest BCUT2D eigenvalue weighted by atomic mass is 14.2. The lowest BCUT2D eigenvalue weighted by Gasteiger charge is -2.01. The van der Waals surface area contributed by atoms with Crippen LogP contribution in [0.3, 0.4) is 0 Å². The molecule has 1 aromatic rings. The Hall–Kier alpha value is -1.80. The van der Waals surface area contributed by atoms with Crippen LogP contribution in [0.4, 0.5) is 0 Å². The lowest BCUT2D eigenvalue weighted by molar-refractivity contribution is 1.11. The van der Waals surface area contributed by atoms with Gasteiger partial charge in [0, 0.05) is 0 Å². The molecule has 0 unspecified atom stereocenters. The maximum Gasteiger partial charge on any atom is 0.0994 e. The van der Waals surface area contributed by atoms with Crippen molar-refractivity contribution in [1.29, 1.82) is 10.5 Å². The summed E-state index contributed by atoms with van der Waals surface area (Å²) in [5.41, 5.74) is 2.72. The van der Waals surface area contributed by atoms with Crippen molar-refractivity contribution in [3.8, 4) is 12.1 Å². The van der Waals surface area contributed by atoms with E-state index in [0.717, 1.165) is 17.5 Å². The van der Waals surface area contributed by atoms with Crippen molar-refractivity contribution in [1.82, 2.24) is 0 Å². The van der Waals surface area contributed by atoms with E-state index in [1.165, 1.54) is 0 Å². The van der Waals surface area contributed by atoms with Crippen molar-refractivity contribution in [2.24, 2.45) is 0 Å². The molecule has 1 aromatic carbocycles. The molecule has 0 aliphatic heterocycles. The van der Waals surface area contributed by atoms with Crippen LogP contribution in [0.1, 0.15) is 23.6 Å². The molecule has 0 heterocycles. The second-order valence-electron chi connectivity index (χ2n) is 2.79. The standard InChI is InChI=1S/C11H10N2/c1-2-10-7-9(5-6-12)3-4-11(10)8-13/h3-4,7H,2,5H2,1H3. The summed E-state index contributed by atoms with van der Waals surface area (Å²) in [6.45, 7) is 2.01. The summed E-state index contributed by atoms with van der Waals surface area (Å²) in [6.07, 6.45) is 1.25. The van der Waals surface area contributed by atoms with Gasteiger partial charge >= 0.3 is 0 Å². The number of rotatable bonds is 2. The number of hydrogen-bond donors (Lipinski definition) is 0. The molecule has 0 radical (unpaired) electrons. The molecule has 2 heteroatoms. The molecule has 0 spiro atoms. The largest absolute Gasteiger partial charge is 0.198 e. The number of aryl methyl sites for hydroxylation is 1. The first-order chi connectivity index (χ1) is 6.31. The minimum absolute atomic E-state index is 0.415. The highest BCUT2D eigenvalue weighted by molar-refractivity contribution is 5.40. The second kappa shape index (κ2) is 4.28. The second-order valence-corrected chi connectivity index (χ2v) is 2.79. The Morgan fingerprint density at radius 3 is 2.62 bits per heavy atom. The summed E-state index contributed by atoms with van der Waals surface area (Å²) in [5, 5.41) is 17.3. The SMILES string of the molecule is CCc1cc(CC#N)ccc1C#N.